The van der Waals surface area contributed by atoms with E-state index < -0.39 is 0 Å². The van der Waals surface area contributed by atoms with E-state index in [1.54, 1.807) is 12.3 Å². The van der Waals surface area contributed by atoms with Crippen molar-refractivity contribution in [3.8, 4) is 6.07 Å². The van der Waals surface area contributed by atoms with Crippen LogP contribution in [0.5, 0.6) is 0 Å². The van der Waals surface area contributed by atoms with Crippen LogP contribution >= 0.6 is 0 Å². The van der Waals surface area contributed by atoms with Gasteiger partial charge >= 0.3 is 0 Å². The topological polar surface area (TPSA) is 62.5 Å². The molecule has 0 N–H and O–H groups in total. The fraction of sp³-hybridized carbons (Fsp3) is 0. The molecule has 0 aliphatic heterocycles. The van der Waals surface area contributed by atoms with Gasteiger partial charge in [0.15, 0.2) is 5.65 Å². The summed E-state index contributed by atoms with van der Waals surface area (Å²) in [6.07, 6.45) is 4.56. The van der Waals surface area contributed by atoms with E-state index in [4.69, 9.17) is 5.26 Å². The molecule has 56 valence electrons. The zero-order valence-corrected chi connectivity index (χ0v) is 6.10. The molecule has 0 atom stereocenters. The summed E-state index contributed by atoms with van der Waals surface area (Å²) >= 11 is 0. The zero-order chi connectivity index (χ0) is 8.39. The van der Waals surface area contributed by atoms with Gasteiger partial charge in [-0.2, -0.15) is 5.26 Å². The third-order valence-corrected chi connectivity index (χ3v) is 1.48. The second-order valence-corrected chi connectivity index (χ2v) is 2.27. The van der Waals surface area contributed by atoms with Crippen molar-refractivity contribution in [3.05, 3.63) is 30.4 Å². The maximum atomic E-state index is 8.57. The van der Waals surface area contributed by atoms with Gasteiger partial charge in [0.2, 0.25) is 0 Å². The number of pyridine rings is 1. The molecule has 2 heterocycles. The fourth-order valence-electron chi connectivity index (χ4n) is 0.940. The fourth-order valence-corrected chi connectivity index (χ4v) is 0.940. The van der Waals surface area contributed by atoms with Crippen molar-refractivity contribution in [1.82, 2.24) is 15.0 Å². The van der Waals surface area contributed by atoms with Crippen LogP contribution in [0.25, 0.3) is 11.0 Å². The third kappa shape index (κ3) is 0.974. The highest BCUT2D eigenvalue weighted by Crippen LogP contribution is 2.07. The molecule has 4 nitrogen and oxygen atoms in total. The summed E-state index contributed by atoms with van der Waals surface area (Å²) < 4.78 is 0. The Balaban J connectivity index is 2.78. The molecule has 0 unspecified atom stereocenters. The van der Waals surface area contributed by atoms with E-state index in [1.807, 2.05) is 6.07 Å². The molecule has 0 bridgehead atoms. The van der Waals surface area contributed by atoms with Crippen molar-refractivity contribution in [2.45, 2.75) is 0 Å². The Labute approximate surface area is 68.5 Å². The van der Waals surface area contributed by atoms with Crippen molar-refractivity contribution in [1.29, 1.82) is 5.26 Å². The molecule has 0 amide bonds. The summed E-state index contributed by atoms with van der Waals surface area (Å²) in [6, 6.07) is 3.71. The largest absolute Gasteiger partial charge is 0.244 e. The van der Waals surface area contributed by atoms with Gasteiger partial charge in [0.05, 0.1) is 5.56 Å². The minimum Gasteiger partial charge on any atom is -0.244 e. The SMILES string of the molecule is N#Cc1cnc2ncncc2c1. The van der Waals surface area contributed by atoms with Gasteiger partial charge < -0.3 is 0 Å². The van der Waals surface area contributed by atoms with Gasteiger partial charge in [0.1, 0.15) is 12.4 Å². The molecule has 0 aromatic carbocycles. The van der Waals surface area contributed by atoms with E-state index in [1.165, 1.54) is 12.5 Å². The first-order valence-electron chi connectivity index (χ1n) is 3.36. The van der Waals surface area contributed by atoms with Crippen LogP contribution in [-0.2, 0) is 0 Å². The first kappa shape index (κ1) is 6.68. The second-order valence-electron chi connectivity index (χ2n) is 2.27. The van der Waals surface area contributed by atoms with Gasteiger partial charge in [-0.1, -0.05) is 0 Å². The maximum Gasteiger partial charge on any atom is 0.162 e. The molecule has 2 aromatic rings. The van der Waals surface area contributed by atoms with Crippen LogP contribution in [0.15, 0.2) is 24.8 Å². The summed E-state index contributed by atoms with van der Waals surface area (Å²) in [5.41, 5.74) is 1.14. The molecule has 0 spiro atoms. The molecule has 2 rings (SSSR count). The van der Waals surface area contributed by atoms with Crippen molar-refractivity contribution < 1.29 is 0 Å². The van der Waals surface area contributed by atoms with Gasteiger partial charge in [0, 0.05) is 17.8 Å². The number of hydrogen-bond acceptors (Lipinski definition) is 4. The summed E-state index contributed by atoms with van der Waals surface area (Å²) in [6.45, 7) is 0. The molecule has 0 saturated carbocycles. The van der Waals surface area contributed by atoms with E-state index in [0.717, 1.165) is 5.39 Å². The Bertz CT molecular complexity index is 458. The quantitative estimate of drug-likeness (QED) is 0.568. The first-order valence-corrected chi connectivity index (χ1v) is 3.36. The molecule has 2 aromatic heterocycles. The Kier molecular flexibility index (Phi) is 1.42. The lowest BCUT2D eigenvalue weighted by Crippen LogP contribution is -1.85. The smallest absolute Gasteiger partial charge is 0.162 e. The number of fused-ring (bicyclic) bond motifs is 1. The molecule has 0 aliphatic rings. The van der Waals surface area contributed by atoms with Crippen LogP contribution in [0.1, 0.15) is 5.56 Å². The van der Waals surface area contributed by atoms with Gasteiger partial charge in [-0.15, -0.1) is 0 Å². The molecule has 4 heteroatoms. The number of hydrogen-bond donors (Lipinski definition) is 0. The van der Waals surface area contributed by atoms with Crippen molar-refractivity contribution in [2.75, 3.05) is 0 Å². The highest BCUT2D eigenvalue weighted by molar-refractivity contribution is 5.74. The minimum atomic E-state index is 0.525. The van der Waals surface area contributed by atoms with Crippen LogP contribution in [0, 0.1) is 11.3 Å². The summed E-state index contributed by atoms with van der Waals surface area (Å²) in [4.78, 5) is 11.7. The third-order valence-electron chi connectivity index (χ3n) is 1.48. The zero-order valence-electron chi connectivity index (χ0n) is 6.10. The first-order chi connectivity index (χ1) is 5.90. The lowest BCUT2D eigenvalue weighted by Gasteiger charge is -1.93. The highest BCUT2D eigenvalue weighted by atomic mass is 14.9. The Morgan fingerprint density at radius 2 is 2.17 bits per heavy atom. The molecular formula is C8H4N4. The van der Waals surface area contributed by atoms with Gasteiger partial charge in [-0.05, 0) is 6.07 Å². The lowest BCUT2D eigenvalue weighted by molar-refractivity contribution is 1.18. The summed E-state index contributed by atoms with van der Waals surface area (Å²) in [7, 11) is 0. The molecule has 0 radical (unpaired) electrons. The Morgan fingerprint density at radius 3 is 3.00 bits per heavy atom. The molecule has 0 aliphatic carbocycles. The predicted octanol–water partition coefficient (Wildman–Crippen LogP) is 0.896. The monoisotopic (exact) mass is 156 g/mol. The molecule has 0 saturated heterocycles. The van der Waals surface area contributed by atoms with Crippen molar-refractivity contribution >= 4 is 11.0 Å². The van der Waals surface area contributed by atoms with Crippen LogP contribution in [-0.4, -0.2) is 15.0 Å². The standard InChI is InChI=1S/C8H4N4/c9-2-6-1-7-4-10-5-12-8(7)11-3-6/h1,3-5H. The van der Waals surface area contributed by atoms with Gasteiger partial charge in [-0.25, -0.2) is 15.0 Å². The lowest BCUT2D eigenvalue weighted by atomic mass is 10.2. The predicted molar refractivity (Wildman–Crippen MR) is 42.0 cm³/mol. The van der Waals surface area contributed by atoms with Crippen LogP contribution in [0.2, 0.25) is 0 Å². The Morgan fingerprint density at radius 1 is 1.25 bits per heavy atom. The van der Waals surface area contributed by atoms with Crippen LogP contribution in [0.4, 0.5) is 0 Å². The number of rotatable bonds is 0. The number of nitriles is 1. The second kappa shape index (κ2) is 2.55. The summed E-state index contributed by atoms with van der Waals surface area (Å²) in [5.74, 6) is 0. The molecule has 0 fully saturated rings. The number of aromatic nitrogens is 3. The minimum absolute atomic E-state index is 0.525. The van der Waals surface area contributed by atoms with Gasteiger partial charge in [0.25, 0.3) is 0 Å². The van der Waals surface area contributed by atoms with Crippen molar-refractivity contribution in [3.63, 3.8) is 0 Å². The molecular weight excluding hydrogens is 152 g/mol. The van der Waals surface area contributed by atoms with E-state index >= 15 is 0 Å². The molecule has 12 heavy (non-hydrogen) atoms. The average molecular weight is 156 g/mol. The van der Waals surface area contributed by atoms with Crippen molar-refractivity contribution in [2.24, 2.45) is 0 Å². The van der Waals surface area contributed by atoms with E-state index in [0.29, 0.717) is 11.2 Å². The van der Waals surface area contributed by atoms with Crippen LogP contribution in [0.3, 0.4) is 0 Å². The summed E-state index contributed by atoms with van der Waals surface area (Å²) in [5, 5.41) is 9.35. The van der Waals surface area contributed by atoms with E-state index in [-0.39, 0.29) is 0 Å². The number of nitrogens with zero attached hydrogens (tertiary/aromatic N) is 4. The average Bonchev–Trinajstić information content (AvgIpc) is 2.17. The van der Waals surface area contributed by atoms with Crippen LogP contribution < -0.4 is 0 Å². The van der Waals surface area contributed by atoms with Gasteiger partial charge in [-0.3, -0.25) is 0 Å². The maximum absolute atomic E-state index is 8.57. The highest BCUT2D eigenvalue weighted by Gasteiger charge is 1.96. The normalized spacial score (nSPS) is 9.58. The van der Waals surface area contributed by atoms with E-state index in [9.17, 15) is 0 Å². The Hall–Kier alpha value is -2.02. The van der Waals surface area contributed by atoms with E-state index in [2.05, 4.69) is 15.0 Å².